The molecule has 0 saturated carbocycles. The van der Waals surface area contributed by atoms with Gasteiger partial charge in [0.25, 0.3) is 0 Å². The molecule has 106 valence electrons. The summed E-state index contributed by atoms with van der Waals surface area (Å²) in [6, 6.07) is 8.29. The molecule has 3 rings (SSSR count). The van der Waals surface area contributed by atoms with Crippen LogP contribution in [0.15, 0.2) is 41.8 Å². The van der Waals surface area contributed by atoms with Crippen LogP contribution in [0, 0.1) is 17.5 Å². The zero-order chi connectivity index (χ0) is 15.0. The quantitative estimate of drug-likeness (QED) is 0.709. The number of hydrogen-bond acceptors (Lipinski definition) is 3. The van der Waals surface area contributed by atoms with Crippen molar-refractivity contribution in [3.63, 3.8) is 0 Å². The van der Waals surface area contributed by atoms with E-state index in [0.717, 1.165) is 16.9 Å². The average Bonchev–Trinajstić information content (AvgIpc) is 2.87. The van der Waals surface area contributed by atoms with E-state index in [1.807, 2.05) is 0 Å². The highest BCUT2D eigenvalue weighted by atomic mass is 32.1. The SMILES string of the molecule is Nc1cccc(-c2csc(-c3c(F)cc(F)cc3F)n2)c1. The van der Waals surface area contributed by atoms with E-state index in [9.17, 15) is 13.2 Å². The second-order valence-electron chi connectivity index (χ2n) is 4.41. The van der Waals surface area contributed by atoms with Gasteiger partial charge in [0.1, 0.15) is 22.5 Å². The van der Waals surface area contributed by atoms with Gasteiger partial charge in [-0.3, -0.25) is 0 Å². The summed E-state index contributed by atoms with van der Waals surface area (Å²) in [4.78, 5) is 4.20. The van der Waals surface area contributed by atoms with Crippen molar-refractivity contribution in [2.24, 2.45) is 0 Å². The minimum atomic E-state index is -0.971. The predicted octanol–water partition coefficient (Wildman–Crippen LogP) is 4.48. The molecule has 0 aliphatic heterocycles. The first kappa shape index (κ1) is 13.6. The fourth-order valence-corrected chi connectivity index (χ4v) is 2.84. The van der Waals surface area contributed by atoms with Crippen LogP contribution in [0.25, 0.3) is 21.8 Å². The lowest BCUT2D eigenvalue weighted by Crippen LogP contribution is -1.92. The Morgan fingerprint density at radius 1 is 1.00 bits per heavy atom. The van der Waals surface area contributed by atoms with E-state index in [2.05, 4.69) is 4.98 Å². The number of halogens is 3. The van der Waals surface area contributed by atoms with Crippen LogP contribution in [-0.2, 0) is 0 Å². The standard InChI is InChI=1S/C15H9F3N2S/c16-9-5-11(17)14(12(18)6-9)15-20-13(7-21-15)8-2-1-3-10(19)4-8/h1-7H,19H2. The van der Waals surface area contributed by atoms with E-state index in [1.165, 1.54) is 0 Å². The average molecular weight is 306 g/mol. The van der Waals surface area contributed by atoms with Crippen molar-refractivity contribution >= 4 is 17.0 Å². The summed E-state index contributed by atoms with van der Waals surface area (Å²) >= 11 is 1.08. The number of nitrogens with zero attached hydrogens (tertiary/aromatic N) is 1. The lowest BCUT2D eigenvalue weighted by molar-refractivity contribution is 0.548. The Kier molecular flexibility index (Phi) is 3.39. The number of nitrogens with two attached hydrogens (primary N) is 1. The summed E-state index contributed by atoms with van der Waals surface area (Å²) in [6.07, 6.45) is 0. The molecule has 21 heavy (non-hydrogen) atoms. The van der Waals surface area contributed by atoms with E-state index >= 15 is 0 Å². The van der Waals surface area contributed by atoms with E-state index in [0.29, 0.717) is 23.5 Å². The normalized spacial score (nSPS) is 10.8. The maximum atomic E-state index is 13.7. The van der Waals surface area contributed by atoms with E-state index < -0.39 is 17.5 Å². The number of anilines is 1. The van der Waals surface area contributed by atoms with Gasteiger partial charge in [0, 0.05) is 28.8 Å². The predicted molar refractivity (Wildman–Crippen MR) is 77.3 cm³/mol. The maximum Gasteiger partial charge on any atom is 0.139 e. The molecule has 2 nitrogen and oxygen atoms in total. The van der Waals surface area contributed by atoms with Gasteiger partial charge in [-0.05, 0) is 12.1 Å². The summed E-state index contributed by atoms with van der Waals surface area (Å²) in [5, 5.41) is 1.83. The van der Waals surface area contributed by atoms with Crippen molar-refractivity contribution in [2.45, 2.75) is 0 Å². The van der Waals surface area contributed by atoms with Crippen molar-refractivity contribution in [3.8, 4) is 21.8 Å². The van der Waals surface area contributed by atoms with Crippen LogP contribution < -0.4 is 5.73 Å². The summed E-state index contributed by atoms with van der Waals surface area (Å²) < 4.78 is 40.4. The lowest BCUT2D eigenvalue weighted by Gasteiger charge is -2.02. The van der Waals surface area contributed by atoms with Crippen molar-refractivity contribution in [1.29, 1.82) is 0 Å². The topological polar surface area (TPSA) is 38.9 Å². The second-order valence-corrected chi connectivity index (χ2v) is 5.27. The maximum absolute atomic E-state index is 13.7. The Balaban J connectivity index is 2.07. The van der Waals surface area contributed by atoms with E-state index in [4.69, 9.17) is 5.73 Å². The Labute approximate surface area is 122 Å². The summed E-state index contributed by atoms with van der Waals surface area (Å²) in [5.74, 6) is -2.90. The van der Waals surface area contributed by atoms with Crippen LogP contribution in [0.4, 0.5) is 18.9 Å². The Morgan fingerprint density at radius 3 is 2.38 bits per heavy atom. The molecule has 0 saturated heterocycles. The lowest BCUT2D eigenvalue weighted by atomic mass is 10.1. The van der Waals surface area contributed by atoms with Crippen LogP contribution in [-0.4, -0.2) is 4.98 Å². The molecule has 0 atom stereocenters. The van der Waals surface area contributed by atoms with E-state index in [-0.39, 0.29) is 10.6 Å². The summed E-state index contributed by atoms with van der Waals surface area (Å²) in [6.45, 7) is 0. The number of hydrogen-bond donors (Lipinski definition) is 1. The molecule has 0 unspecified atom stereocenters. The molecular formula is C15H9F3N2S. The van der Waals surface area contributed by atoms with Gasteiger partial charge in [-0.25, -0.2) is 18.2 Å². The zero-order valence-electron chi connectivity index (χ0n) is 10.6. The molecule has 0 aliphatic carbocycles. The van der Waals surface area contributed by atoms with Gasteiger partial charge < -0.3 is 5.73 Å². The monoisotopic (exact) mass is 306 g/mol. The molecule has 2 aromatic carbocycles. The number of thiazole rings is 1. The third-order valence-electron chi connectivity index (χ3n) is 2.91. The first-order chi connectivity index (χ1) is 10.0. The van der Waals surface area contributed by atoms with Gasteiger partial charge in [-0.15, -0.1) is 11.3 Å². The molecule has 0 bridgehead atoms. The van der Waals surface area contributed by atoms with Gasteiger partial charge in [0.05, 0.1) is 11.3 Å². The fourth-order valence-electron chi connectivity index (χ4n) is 1.97. The highest BCUT2D eigenvalue weighted by Gasteiger charge is 2.17. The third-order valence-corrected chi connectivity index (χ3v) is 3.77. The minimum absolute atomic E-state index is 0.155. The van der Waals surface area contributed by atoms with Gasteiger partial charge in [0.15, 0.2) is 0 Å². The molecule has 0 spiro atoms. The van der Waals surface area contributed by atoms with E-state index in [1.54, 1.807) is 29.6 Å². The molecular weight excluding hydrogens is 297 g/mol. The summed E-state index contributed by atoms with van der Waals surface area (Å²) in [7, 11) is 0. The Morgan fingerprint density at radius 2 is 1.71 bits per heavy atom. The molecule has 0 aliphatic rings. The molecule has 0 amide bonds. The van der Waals surface area contributed by atoms with Crippen LogP contribution in [0.3, 0.4) is 0 Å². The largest absolute Gasteiger partial charge is 0.399 e. The number of aromatic nitrogens is 1. The van der Waals surface area contributed by atoms with Gasteiger partial charge >= 0.3 is 0 Å². The first-order valence-electron chi connectivity index (χ1n) is 6.01. The van der Waals surface area contributed by atoms with Crippen LogP contribution >= 0.6 is 11.3 Å². The van der Waals surface area contributed by atoms with Crippen molar-refractivity contribution in [3.05, 3.63) is 59.2 Å². The zero-order valence-corrected chi connectivity index (χ0v) is 11.4. The highest BCUT2D eigenvalue weighted by Crippen LogP contribution is 2.33. The second kappa shape index (κ2) is 5.21. The summed E-state index contributed by atoms with van der Waals surface area (Å²) in [5.41, 5.74) is 7.25. The number of benzene rings is 2. The molecule has 0 fully saturated rings. The smallest absolute Gasteiger partial charge is 0.139 e. The molecule has 3 aromatic rings. The Hall–Kier alpha value is -2.34. The van der Waals surface area contributed by atoms with Crippen molar-refractivity contribution in [2.75, 3.05) is 5.73 Å². The number of nitrogen functional groups attached to an aromatic ring is 1. The van der Waals surface area contributed by atoms with Gasteiger partial charge in [-0.2, -0.15) is 0 Å². The van der Waals surface area contributed by atoms with Gasteiger partial charge in [0.2, 0.25) is 0 Å². The molecule has 0 radical (unpaired) electrons. The third kappa shape index (κ3) is 2.62. The molecule has 1 heterocycles. The highest BCUT2D eigenvalue weighted by molar-refractivity contribution is 7.13. The minimum Gasteiger partial charge on any atom is -0.399 e. The fraction of sp³-hybridized carbons (Fsp3) is 0. The number of rotatable bonds is 2. The Bertz CT molecular complexity index is 791. The van der Waals surface area contributed by atoms with Crippen molar-refractivity contribution < 1.29 is 13.2 Å². The van der Waals surface area contributed by atoms with Crippen LogP contribution in [0.1, 0.15) is 0 Å². The van der Waals surface area contributed by atoms with Gasteiger partial charge in [-0.1, -0.05) is 12.1 Å². The van der Waals surface area contributed by atoms with Crippen molar-refractivity contribution in [1.82, 2.24) is 4.98 Å². The first-order valence-corrected chi connectivity index (χ1v) is 6.89. The van der Waals surface area contributed by atoms with Crippen LogP contribution in [0.5, 0.6) is 0 Å². The van der Waals surface area contributed by atoms with Crippen LogP contribution in [0.2, 0.25) is 0 Å². The molecule has 1 aromatic heterocycles. The molecule has 2 N–H and O–H groups in total. The molecule has 6 heteroatoms.